The number of aliphatic imine (C=N–C) groups is 1. The maximum atomic E-state index is 12.3. The van der Waals surface area contributed by atoms with Crippen molar-refractivity contribution in [3.63, 3.8) is 0 Å². The van der Waals surface area contributed by atoms with Gasteiger partial charge in [0.15, 0.2) is 5.96 Å². The molecule has 0 saturated carbocycles. The molecule has 1 unspecified atom stereocenters. The van der Waals surface area contributed by atoms with E-state index in [-0.39, 0.29) is 5.91 Å². The summed E-state index contributed by atoms with van der Waals surface area (Å²) < 4.78 is 5.68. The lowest BCUT2D eigenvalue weighted by Crippen LogP contribution is -2.41. The van der Waals surface area contributed by atoms with E-state index in [0.29, 0.717) is 37.1 Å². The molecular weight excluding hydrogens is 412 g/mol. The molecule has 1 fully saturated rings. The number of carbonyl (C=O) groups is 1. The zero-order valence-electron chi connectivity index (χ0n) is 18.0. The number of benzene rings is 2. The maximum absolute atomic E-state index is 12.3. The number of nitrogens with zero attached hydrogens (tertiary/aromatic N) is 2. The molecule has 2 N–H and O–H groups in total. The van der Waals surface area contributed by atoms with E-state index in [0.717, 1.165) is 37.6 Å². The van der Waals surface area contributed by atoms with Crippen molar-refractivity contribution < 1.29 is 9.53 Å². The molecule has 1 heterocycles. The molecule has 1 amide bonds. The Hall–Kier alpha value is -2.57. The lowest BCUT2D eigenvalue weighted by atomic mass is 10.1. The first-order valence-corrected chi connectivity index (χ1v) is 11.1. The smallest absolute Gasteiger partial charge is 0.223 e. The molecule has 0 aliphatic carbocycles. The van der Waals surface area contributed by atoms with Gasteiger partial charge in [0.1, 0.15) is 0 Å². The van der Waals surface area contributed by atoms with Crippen molar-refractivity contribution in [3.8, 4) is 0 Å². The molecule has 0 radical (unpaired) electrons. The number of ether oxygens (including phenoxy) is 1. The van der Waals surface area contributed by atoms with Crippen LogP contribution in [0.5, 0.6) is 0 Å². The Kier molecular flexibility index (Phi) is 9.18. The number of carbonyl (C=O) groups excluding carboxylic acids is 1. The third-order valence-corrected chi connectivity index (χ3v) is 5.52. The van der Waals surface area contributed by atoms with Crippen LogP contribution in [0.3, 0.4) is 0 Å². The van der Waals surface area contributed by atoms with Gasteiger partial charge in [-0.3, -0.25) is 9.79 Å². The summed E-state index contributed by atoms with van der Waals surface area (Å²) in [4.78, 5) is 18.6. The van der Waals surface area contributed by atoms with E-state index in [2.05, 4.69) is 27.8 Å². The standard InChI is InChI=1S/C24H31ClN4O2/c1-26-24(27-11-13-31-18-20-8-5-9-22(25)14-20)28-16-21-15-23(30)29(17-21)12-10-19-6-3-2-4-7-19/h2-9,14,21H,10-13,15-18H2,1H3,(H2,26,27,28). The largest absolute Gasteiger partial charge is 0.375 e. The summed E-state index contributed by atoms with van der Waals surface area (Å²) in [5, 5.41) is 7.29. The number of guanidine groups is 1. The van der Waals surface area contributed by atoms with Gasteiger partial charge in [-0.15, -0.1) is 0 Å². The monoisotopic (exact) mass is 442 g/mol. The molecule has 2 aromatic rings. The van der Waals surface area contributed by atoms with Gasteiger partial charge in [-0.2, -0.15) is 0 Å². The van der Waals surface area contributed by atoms with Gasteiger partial charge in [0.2, 0.25) is 5.91 Å². The summed E-state index contributed by atoms with van der Waals surface area (Å²) in [6, 6.07) is 18.0. The van der Waals surface area contributed by atoms with Crippen LogP contribution in [0.15, 0.2) is 59.6 Å². The lowest BCUT2D eigenvalue weighted by Gasteiger charge is -2.18. The fourth-order valence-corrected chi connectivity index (χ4v) is 3.85. The summed E-state index contributed by atoms with van der Waals surface area (Å²) in [5.74, 6) is 1.25. The zero-order chi connectivity index (χ0) is 21.9. The van der Waals surface area contributed by atoms with Crippen LogP contribution in [0.1, 0.15) is 17.5 Å². The average molecular weight is 443 g/mol. The molecule has 0 bridgehead atoms. The Bertz CT molecular complexity index is 860. The number of hydrogen-bond acceptors (Lipinski definition) is 3. The molecule has 0 aromatic heterocycles. The molecule has 2 aromatic carbocycles. The highest BCUT2D eigenvalue weighted by Gasteiger charge is 2.29. The van der Waals surface area contributed by atoms with Crippen LogP contribution in [0.25, 0.3) is 0 Å². The molecule has 6 nitrogen and oxygen atoms in total. The molecule has 1 aliphatic rings. The summed E-state index contributed by atoms with van der Waals surface area (Å²) in [6.45, 7) is 4.01. The molecule has 31 heavy (non-hydrogen) atoms. The highest BCUT2D eigenvalue weighted by Crippen LogP contribution is 2.17. The Morgan fingerprint density at radius 2 is 1.97 bits per heavy atom. The zero-order valence-corrected chi connectivity index (χ0v) is 18.8. The van der Waals surface area contributed by atoms with Crippen molar-refractivity contribution in [1.82, 2.24) is 15.5 Å². The van der Waals surface area contributed by atoms with E-state index in [1.807, 2.05) is 47.4 Å². The summed E-state index contributed by atoms with van der Waals surface area (Å²) in [6.07, 6.45) is 1.48. The minimum absolute atomic E-state index is 0.236. The van der Waals surface area contributed by atoms with Crippen LogP contribution in [0.4, 0.5) is 0 Å². The van der Waals surface area contributed by atoms with Crippen LogP contribution in [0, 0.1) is 5.92 Å². The summed E-state index contributed by atoms with van der Waals surface area (Å²) in [7, 11) is 1.74. The minimum Gasteiger partial charge on any atom is -0.375 e. The van der Waals surface area contributed by atoms with Crippen molar-refractivity contribution in [2.75, 3.05) is 39.8 Å². The van der Waals surface area contributed by atoms with Crippen molar-refractivity contribution in [1.29, 1.82) is 0 Å². The SMILES string of the molecule is CN=C(NCCOCc1cccc(Cl)c1)NCC1CC(=O)N(CCc2ccccc2)C1. The first kappa shape index (κ1) is 23.1. The van der Waals surface area contributed by atoms with Crippen LogP contribution < -0.4 is 10.6 Å². The van der Waals surface area contributed by atoms with E-state index in [9.17, 15) is 4.79 Å². The van der Waals surface area contributed by atoms with E-state index >= 15 is 0 Å². The first-order valence-electron chi connectivity index (χ1n) is 10.7. The lowest BCUT2D eigenvalue weighted by molar-refractivity contribution is -0.127. The van der Waals surface area contributed by atoms with Gasteiger partial charge in [0, 0.05) is 50.6 Å². The van der Waals surface area contributed by atoms with Gasteiger partial charge in [-0.05, 0) is 29.7 Å². The molecular formula is C24H31ClN4O2. The Balaban J connectivity index is 1.30. The molecule has 0 spiro atoms. The first-order chi connectivity index (χ1) is 15.1. The topological polar surface area (TPSA) is 66.0 Å². The number of amides is 1. The number of hydrogen-bond donors (Lipinski definition) is 2. The second-order valence-electron chi connectivity index (χ2n) is 7.71. The van der Waals surface area contributed by atoms with E-state index in [1.165, 1.54) is 5.56 Å². The van der Waals surface area contributed by atoms with Gasteiger partial charge in [0.25, 0.3) is 0 Å². The molecule has 1 aliphatic heterocycles. The van der Waals surface area contributed by atoms with Crippen LogP contribution in [-0.4, -0.2) is 56.6 Å². The second-order valence-corrected chi connectivity index (χ2v) is 8.14. The molecule has 7 heteroatoms. The maximum Gasteiger partial charge on any atom is 0.223 e. The van der Waals surface area contributed by atoms with Crippen molar-refractivity contribution in [3.05, 3.63) is 70.7 Å². The molecule has 166 valence electrons. The van der Waals surface area contributed by atoms with Crippen LogP contribution in [0.2, 0.25) is 5.02 Å². The predicted octanol–water partition coefficient (Wildman–Crippen LogP) is 3.11. The van der Waals surface area contributed by atoms with E-state index < -0.39 is 0 Å². The van der Waals surface area contributed by atoms with Gasteiger partial charge in [-0.25, -0.2) is 0 Å². The number of likely N-dealkylation sites (tertiary alicyclic amines) is 1. The van der Waals surface area contributed by atoms with Gasteiger partial charge in [0.05, 0.1) is 13.2 Å². The fraction of sp³-hybridized carbons (Fsp3) is 0.417. The highest BCUT2D eigenvalue weighted by atomic mass is 35.5. The van der Waals surface area contributed by atoms with Gasteiger partial charge >= 0.3 is 0 Å². The minimum atomic E-state index is 0.236. The Morgan fingerprint density at radius 1 is 1.16 bits per heavy atom. The fourth-order valence-electron chi connectivity index (χ4n) is 3.64. The van der Waals surface area contributed by atoms with Gasteiger partial charge < -0.3 is 20.3 Å². The Labute approximate surface area is 189 Å². The van der Waals surface area contributed by atoms with Crippen LogP contribution in [-0.2, 0) is 22.6 Å². The van der Waals surface area contributed by atoms with Crippen molar-refractivity contribution in [2.24, 2.45) is 10.9 Å². The number of nitrogens with one attached hydrogen (secondary N) is 2. The van der Waals surface area contributed by atoms with E-state index in [1.54, 1.807) is 7.05 Å². The highest BCUT2D eigenvalue weighted by molar-refractivity contribution is 6.30. The normalized spacial score (nSPS) is 16.6. The van der Waals surface area contributed by atoms with Gasteiger partial charge in [-0.1, -0.05) is 54.1 Å². The van der Waals surface area contributed by atoms with E-state index in [4.69, 9.17) is 16.3 Å². The predicted molar refractivity (Wildman–Crippen MR) is 125 cm³/mol. The third-order valence-electron chi connectivity index (χ3n) is 5.29. The molecule has 1 atom stereocenters. The van der Waals surface area contributed by atoms with Crippen LogP contribution >= 0.6 is 11.6 Å². The second kappa shape index (κ2) is 12.3. The quantitative estimate of drug-likeness (QED) is 0.337. The average Bonchev–Trinajstić information content (AvgIpc) is 3.14. The number of rotatable bonds is 10. The molecule has 1 saturated heterocycles. The number of halogens is 1. The van der Waals surface area contributed by atoms with Crippen molar-refractivity contribution >= 4 is 23.5 Å². The Morgan fingerprint density at radius 3 is 2.74 bits per heavy atom. The third kappa shape index (κ3) is 7.89. The summed E-state index contributed by atoms with van der Waals surface area (Å²) >= 11 is 5.98. The molecule has 3 rings (SSSR count). The van der Waals surface area contributed by atoms with Crippen molar-refractivity contribution in [2.45, 2.75) is 19.4 Å². The summed E-state index contributed by atoms with van der Waals surface area (Å²) in [5.41, 5.74) is 2.32.